The van der Waals surface area contributed by atoms with Gasteiger partial charge in [-0.3, -0.25) is 9.89 Å². The molecule has 1 aromatic heterocycles. The predicted octanol–water partition coefficient (Wildman–Crippen LogP) is 3.14. The number of aromatic amines is 1. The molecule has 1 heterocycles. The third kappa shape index (κ3) is 3.85. The molecule has 4 nitrogen and oxygen atoms in total. The third-order valence-electron chi connectivity index (χ3n) is 3.64. The van der Waals surface area contributed by atoms with E-state index in [9.17, 15) is 4.79 Å². The summed E-state index contributed by atoms with van der Waals surface area (Å²) in [6, 6.07) is 7.67. The Morgan fingerprint density at radius 2 is 2.00 bits per heavy atom. The second-order valence-corrected chi connectivity index (χ2v) is 5.67. The van der Waals surface area contributed by atoms with Crippen molar-refractivity contribution in [3.05, 3.63) is 51.8 Å². The zero-order valence-electron chi connectivity index (χ0n) is 12.5. The van der Waals surface area contributed by atoms with E-state index in [4.69, 9.17) is 11.6 Å². The Hall–Kier alpha value is -1.81. The first kappa shape index (κ1) is 15.6. The second kappa shape index (κ2) is 6.76. The fourth-order valence-corrected chi connectivity index (χ4v) is 2.59. The molecule has 0 aliphatic carbocycles. The number of nitrogens with zero attached hydrogens (tertiary/aromatic N) is 1. The number of carbonyl (C=O) groups excluding carboxylic acids is 1. The molecule has 0 spiro atoms. The van der Waals surface area contributed by atoms with Crippen LogP contribution >= 0.6 is 11.6 Å². The molecule has 0 bridgehead atoms. The molecule has 5 heteroatoms. The molecule has 21 heavy (non-hydrogen) atoms. The molecule has 2 aromatic rings. The van der Waals surface area contributed by atoms with Crippen LogP contribution in [-0.4, -0.2) is 22.6 Å². The number of carbonyl (C=O) groups is 1. The highest BCUT2D eigenvalue weighted by atomic mass is 35.5. The van der Waals surface area contributed by atoms with Crippen molar-refractivity contribution in [1.82, 2.24) is 15.5 Å². The Kier molecular flexibility index (Phi) is 5.02. The molecular formula is C16H20ClN3O. The minimum atomic E-state index is -0.200. The Balaban J connectivity index is 1.88. The summed E-state index contributed by atoms with van der Waals surface area (Å²) >= 11 is 5.85. The molecule has 112 valence electrons. The quantitative estimate of drug-likeness (QED) is 0.891. The van der Waals surface area contributed by atoms with Gasteiger partial charge >= 0.3 is 0 Å². The van der Waals surface area contributed by atoms with Crippen molar-refractivity contribution in [1.29, 1.82) is 0 Å². The maximum atomic E-state index is 12.2. The molecule has 0 radical (unpaired) electrons. The first-order chi connectivity index (χ1) is 9.99. The molecule has 2 rings (SSSR count). The van der Waals surface area contributed by atoms with E-state index in [1.54, 1.807) is 0 Å². The van der Waals surface area contributed by atoms with Gasteiger partial charge in [-0.1, -0.05) is 23.7 Å². The van der Waals surface area contributed by atoms with Crippen molar-refractivity contribution in [3.63, 3.8) is 0 Å². The highest BCUT2D eigenvalue weighted by molar-refractivity contribution is 6.30. The fraction of sp³-hybridized carbons (Fsp3) is 0.375. The minimum absolute atomic E-state index is 0.0246. The van der Waals surface area contributed by atoms with Crippen LogP contribution in [0.1, 0.15) is 35.4 Å². The molecule has 0 aliphatic rings. The number of H-pyrrole nitrogens is 1. The van der Waals surface area contributed by atoms with Gasteiger partial charge < -0.3 is 5.32 Å². The molecular weight excluding hydrogens is 286 g/mol. The van der Waals surface area contributed by atoms with Gasteiger partial charge in [-0.05, 0) is 44.9 Å². The molecule has 1 amide bonds. The SMILES string of the molecule is Cc1n[nH]c(C)c1C(C)C(=O)NCCc1ccc(Cl)cc1. The Morgan fingerprint density at radius 1 is 1.33 bits per heavy atom. The zero-order valence-corrected chi connectivity index (χ0v) is 13.3. The van der Waals surface area contributed by atoms with Gasteiger partial charge in [0.1, 0.15) is 0 Å². The molecule has 0 fully saturated rings. The van der Waals surface area contributed by atoms with E-state index in [1.807, 2.05) is 45.0 Å². The zero-order chi connectivity index (χ0) is 15.4. The summed E-state index contributed by atoms with van der Waals surface area (Å²) in [7, 11) is 0. The summed E-state index contributed by atoms with van der Waals surface area (Å²) < 4.78 is 0. The number of nitrogens with one attached hydrogen (secondary N) is 2. The monoisotopic (exact) mass is 305 g/mol. The third-order valence-corrected chi connectivity index (χ3v) is 3.89. The fourth-order valence-electron chi connectivity index (χ4n) is 2.46. The van der Waals surface area contributed by atoms with Crippen molar-refractivity contribution in [3.8, 4) is 0 Å². The first-order valence-electron chi connectivity index (χ1n) is 7.02. The second-order valence-electron chi connectivity index (χ2n) is 5.24. The molecule has 0 saturated carbocycles. The van der Waals surface area contributed by atoms with Crippen molar-refractivity contribution in [2.45, 2.75) is 33.1 Å². The Morgan fingerprint density at radius 3 is 2.57 bits per heavy atom. The predicted molar refractivity (Wildman–Crippen MR) is 84.6 cm³/mol. The van der Waals surface area contributed by atoms with E-state index < -0.39 is 0 Å². The van der Waals surface area contributed by atoms with Crippen molar-refractivity contribution >= 4 is 17.5 Å². The largest absolute Gasteiger partial charge is 0.355 e. The number of halogens is 1. The van der Waals surface area contributed by atoms with Crippen LogP contribution in [0.15, 0.2) is 24.3 Å². The number of benzene rings is 1. The van der Waals surface area contributed by atoms with Gasteiger partial charge in [-0.15, -0.1) is 0 Å². The molecule has 1 atom stereocenters. The molecule has 1 unspecified atom stereocenters. The van der Waals surface area contributed by atoms with E-state index >= 15 is 0 Å². The summed E-state index contributed by atoms with van der Waals surface area (Å²) in [5.41, 5.74) is 3.97. The van der Waals surface area contributed by atoms with Crippen LogP contribution in [0.3, 0.4) is 0 Å². The van der Waals surface area contributed by atoms with Gasteiger partial charge in [0.05, 0.1) is 11.6 Å². The lowest BCUT2D eigenvalue weighted by Gasteiger charge is -2.13. The lowest BCUT2D eigenvalue weighted by Crippen LogP contribution is -2.30. The Labute approximate surface area is 129 Å². The smallest absolute Gasteiger partial charge is 0.227 e. The molecule has 1 aromatic carbocycles. The Bertz CT molecular complexity index is 599. The normalized spacial score (nSPS) is 12.2. The highest BCUT2D eigenvalue weighted by Crippen LogP contribution is 2.21. The number of hydrogen-bond acceptors (Lipinski definition) is 2. The van der Waals surface area contributed by atoms with E-state index in [0.717, 1.165) is 34.0 Å². The summed E-state index contributed by atoms with van der Waals surface area (Å²) in [4.78, 5) is 12.2. The summed E-state index contributed by atoms with van der Waals surface area (Å²) in [6.07, 6.45) is 0.791. The van der Waals surface area contributed by atoms with Crippen LogP contribution in [-0.2, 0) is 11.2 Å². The van der Waals surface area contributed by atoms with Gasteiger partial charge in [0.25, 0.3) is 0 Å². The van der Waals surface area contributed by atoms with E-state index in [-0.39, 0.29) is 11.8 Å². The first-order valence-corrected chi connectivity index (χ1v) is 7.40. The van der Waals surface area contributed by atoms with Crippen LogP contribution in [0.2, 0.25) is 5.02 Å². The van der Waals surface area contributed by atoms with E-state index in [0.29, 0.717) is 6.54 Å². The topological polar surface area (TPSA) is 57.8 Å². The molecule has 0 saturated heterocycles. The maximum Gasteiger partial charge on any atom is 0.227 e. The summed E-state index contributed by atoms with van der Waals surface area (Å²) in [5.74, 6) is -0.175. The minimum Gasteiger partial charge on any atom is -0.355 e. The van der Waals surface area contributed by atoms with Gasteiger partial charge in [0, 0.05) is 22.8 Å². The van der Waals surface area contributed by atoms with Crippen molar-refractivity contribution < 1.29 is 4.79 Å². The van der Waals surface area contributed by atoms with Crippen molar-refractivity contribution in [2.75, 3.05) is 6.54 Å². The lowest BCUT2D eigenvalue weighted by atomic mass is 9.98. The van der Waals surface area contributed by atoms with Gasteiger partial charge in [-0.2, -0.15) is 5.10 Å². The van der Waals surface area contributed by atoms with Crippen LogP contribution in [0, 0.1) is 13.8 Å². The molecule has 2 N–H and O–H groups in total. The van der Waals surface area contributed by atoms with Crippen LogP contribution < -0.4 is 5.32 Å². The van der Waals surface area contributed by atoms with Gasteiger partial charge in [0.15, 0.2) is 0 Å². The average molecular weight is 306 g/mol. The summed E-state index contributed by atoms with van der Waals surface area (Å²) in [6.45, 7) is 6.37. The number of rotatable bonds is 5. The lowest BCUT2D eigenvalue weighted by molar-refractivity contribution is -0.122. The van der Waals surface area contributed by atoms with Crippen LogP contribution in [0.25, 0.3) is 0 Å². The maximum absolute atomic E-state index is 12.2. The number of amides is 1. The standard InChI is InChI=1S/C16H20ClN3O/c1-10(15-11(2)19-20-12(15)3)16(21)18-9-8-13-4-6-14(17)7-5-13/h4-7,10H,8-9H2,1-3H3,(H,18,21)(H,19,20). The van der Waals surface area contributed by atoms with Crippen LogP contribution in [0.4, 0.5) is 0 Å². The number of aromatic nitrogens is 2. The van der Waals surface area contributed by atoms with E-state index in [2.05, 4.69) is 15.5 Å². The average Bonchev–Trinajstić information content (AvgIpc) is 2.79. The highest BCUT2D eigenvalue weighted by Gasteiger charge is 2.20. The number of hydrogen-bond donors (Lipinski definition) is 2. The van der Waals surface area contributed by atoms with E-state index in [1.165, 1.54) is 0 Å². The van der Waals surface area contributed by atoms with Crippen molar-refractivity contribution in [2.24, 2.45) is 0 Å². The number of aryl methyl sites for hydroxylation is 2. The molecule has 0 aliphatic heterocycles. The van der Waals surface area contributed by atoms with Crippen LogP contribution in [0.5, 0.6) is 0 Å². The summed E-state index contributed by atoms with van der Waals surface area (Å²) in [5, 5.41) is 10.8. The van der Waals surface area contributed by atoms with Gasteiger partial charge in [0.2, 0.25) is 5.91 Å². The van der Waals surface area contributed by atoms with Gasteiger partial charge in [-0.25, -0.2) is 0 Å².